The minimum absolute atomic E-state index is 0. The van der Waals surface area contributed by atoms with E-state index in [-0.39, 0.29) is 63.1 Å². The summed E-state index contributed by atoms with van der Waals surface area (Å²) in [6.07, 6.45) is -4.29. The summed E-state index contributed by atoms with van der Waals surface area (Å²) in [5, 5.41) is 10.6. The fraction of sp³-hybridized carbons (Fsp3) is 0.682. The standard InChI is InChI=1S/C22H30F3N3O5S.ClH/c23-22(24,25)19(17-1-2-17)33-18-5-3-15(4-6-18)16-7-11-28(12-8-16)34(31,32)21(20(26)29)9-13-27(30)14-10-21;/h3-6,16-17,19,30H,1-2,7-14H2,(H2,26,29);1H. The number of sulfonamides is 1. The Morgan fingerprint density at radius 1 is 1.06 bits per heavy atom. The quantitative estimate of drug-likeness (QED) is 0.548. The highest BCUT2D eigenvalue weighted by atomic mass is 35.5. The van der Waals surface area contributed by atoms with Gasteiger partial charge in [0.1, 0.15) is 5.75 Å². The number of carbonyl (C=O) groups excluding carboxylic acids is 1. The van der Waals surface area contributed by atoms with Crippen molar-refractivity contribution in [2.75, 3.05) is 26.2 Å². The molecule has 1 amide bonds. The Hall–Kier alpha value is -1.60. The number of piperidine rings is 2. The molecule has 4 rings (SSSR count). The van der Waals surface area contributed by atoms with Crippen molar-refractivity contribution in [3.63, 3.8) is 0 Å². The van der Waals surface area contributed by atoms with E-state index < -0.39 is 38.9 Å². The van der Waals surface area contributed by atoms with E-state index in [1.807, 2.05) is 0 Å². The number of benzene rings is 1. The van der Waals surface area contributed by atoms with Gasteiger partial charge in [0, 0.05) is 32.1 Å². The highest BCUT2D eigenvalue weighted by Crippen LogP contribution is 2.43. The molecule has 1 aliphatic carbocycles. The van der Waals surface area contributed by atoms with Crippen LogP contribution < -0.4 is 10.5 Å². The number of alkyl halides is 3. The van der Waals surface area contributed by atoms with Crippen LogP contribution in [0.4, 0.5) is 13.2 Å². The van der Waals surface area contributed by atoms with Gasteiger partial charge in [-0.15, -0.1) is 12.4 Å². The first-order valence-electron chi connectivity index (χ1n) is 11.5. The maximum atomic E-state index is 13.4. The van der Waals surface area contributed by atoms with E-state index in [4.69, 9.17) is 10.5 Å². The Labute approximate surface area is 209 Å². The van der Waals surface area contributed by atoms with Gasteiger partial charge in [-0.2, -0.15) is 18.2 Å². The van der Waals surface area contributed by atoms with Gasteiger partial charge in [-0.25, -0.2) is 12.7 Å². The fourth-order valence-corrected chi connectivity index (χ4v) is 7.10. The first kappa shape index (κ1) is 28.0. The van der Waals surface area contributed by atoms with Crippen molar-refractivity contribution in [3.8, 4) is 5.75 Å². The number of hydrogen-bond donors (Lipinski definition) is 2. The molecule has 2 saturated heterocycles. The lowest BCUT2D eigenvalue weighted by atomic mass is 9.90. The Bertz CT molecular complexity index is 989. The van der Waals surface area contributed by atoms with Gasteiger partial charge in [-0.3, -0.25) is 4.79 Å². The van der Waals surface area contributed by atoms with Gasteiger partial charge < -0.3 is 15.7 Å². The summed E-state index contributed by atoms with van der Waals surface area (Å²) in [6, 6.07) is 6.52. The number of amides is 1. The van der Waals surface area contributed by atoms with E-state index in [0.29, 0.717) is 25.7 Å². The number of primary amides is 1. The van der Waals surface area contributed by atoms with E-state index >= 15 is 0 Å². The smallest absolute Gasteiger partial charge is 0.425 e. The molecule has 3 N–H and O–H groups in total. The van der Waals surface area contributed by atoms with Gasteiger partial charge in [0.15, 0.2) is 10.9 Å². The Kier molecular flexibility index (Phi) is 8.32. The van der Waals surface area contributed by atoms with Crippen LogP contribution in [0.1, 0.15) is 50.0 Å². The van der Waals surface area contributed by atoms with Crippen LogP contribution >= 0.6 is 12.4 Å². The molecule has 0 bridgehead atoms. The molecule has 1 saturated carbocycles. The molecule has 1 aromatic carbocycles. The molecule has 2 heterocycles. The normalized spacial score (nSPS) is 23.3. The Morgan fingerprint density at radius 3 is 2.06 bits per heavy atom. The lowest BCUT2D eigenvalue weighted by molar-refractivity contribution is -0.201. The fourth-order valence-electron chi connectivity index (χ4n) is 4.96. The molecule has 0 aromatic heterocycles. The van der Waals surface area contributed by atoms with Gasteiger partial charge in [0.2, 0.25) is 15.9 Å². The highest BCUT2D eigenvalue weighted by Gasteiger charge is 2.54. The van der Waals surface area contributed by atoms with Crippen molar-refractivity contribution in [3.05, 3.63) is 29.8 Å². The lowest BCUT2D eigenvalue weighted by Gasteiger charge is -2.41. The molecule has 8 nitrogen and oxygen atoms in total. The van der Waals surface area contributed by atoms with Crippen molar-refractivity contribution >= 4 is 28.3 Å². The molecule has 1 aromatic rings. The molecule has 1 atom stereocenters. The highest BCUT2D eigenvalue weighted by molar-refractivity contribution is 7.91. The Morgan fingerprint density at radius 2 is 1.60 bits per heavy atom. The second kappa shape index (κ2) is 10.4. The molecule has 13 heteroatoms. The summed E-state index contributed by atoms with van der Waals surface area (Å²) in [4.78, 5) is 12.2. The summed E-state index contributed by atoms with van der Waals surface area (Å²) in [7, 11) is -4.02. The number of rotatable bonds is 7. The van der Waals surface area contributed by atoms with Crippen LogP contribution in [0.5, 0.6) is 5.75 Å². The van der Waals surface area contributed by atoms with Crippen LogP contribution in [0.15, 0.2) is 24.3 Å². The average Bonchev–Trinajstić information content (AvgIpc) is 3.62. The van der Waals surface area contributed by atoms with Crippen molar-refractivity contribution in [2.24, 2.45) is 11.7 Å². The molecule has 3 aliphatic rings. The molecule has 3 fully saturated rings. The van der Waals surface area contributed by atoms with Crippen LogP contribution in [0.3, 0.4) is 0 Å². The van der Waals surface area contributed by atoms with Crippen LogP contribution in [0, 0.1) is 5.92 Å². The summed E-state index contributed by atoms with van der Waals surface area (Å²) >= 11 is 0. The Balaban J connectivity index is 0.00000342. The third-order valence-electron chi connectivity index (χ3n) is 7.27. The van der Waals surface area contributed by atoms with Crippen LogP contribution in [-0.2, 0) is 14.8 Å². The summed E-state index contributed by atoms with van der Waals surface area (Å²) < 4.78 is 71.2. The van der Waals surface area contributed by atoms with Crippen molar-refractivity contribution in [1.82, 2.24) is 9.37 Å². The number of carbonyl (C=O) groups is 1. The average molecular weight is 542 g/mol. The predicted octanol–water partition coefficient (Wildman–Crippen LogP) is 3.05. The molecule has 2 aliphatic heterocycles. The van der Waals surface area contributed by atoms with Crippen molar-refractivity contribution in [2.45, 2.75) is 61.5 Å². The monoisotopic (exact) mass is 541 g/mol. The topological polar surface area (TPSA) is 113 Å². The number of hydroxylamine groups is 2. The van der Waals surface area contributed by atoms with Crippen molar-refractivity contribution < 1.29 is 36.3 Å². The lowest BCUT2D eigenvalue weighted by Crippen LogP contribution is -2.61. The van der Waals surface area contributed by atoms with Gasteiger partial charge in [-0.1, -0.05) is 12.1 Å². The number of hydrogen-bond acceptors (Lipinski definition) is 6. The van der Waals surface area contributed by atoms with E-state index in [9.17, 15) is 31.6 Å². The van der Waals surface area contributed by atoms with E-state index in [1.165, 1.54) is 16.4 Å². The third kappa shape index (κ3) is 5.71. The van der Waals surface area contributed by atoms with Gasteiger partial charge in [0.05, 0.1) is 0 Å². The molecule has 198 valence electrons. The van der Waals surface area contributed by atoms with Crippen LogP contribution in [0.25, 0.3) is 0 Å². The molecule has 35 heavy (non-hydrogen) atoms. The number of nitrogens with zero attached hydrogens (tertiary/aromatic N) is 2. The molecular weight excluding hydrogens is 511 g/mol. The molecular formula is C22H31ClF3N3O5S. The number of ether oxygens (including phenoxy) is 1. The zero-order chi connectivity index (χ0) is 24.7. The van der Waals surface area contributed by atoms with Crippen LogP contribution in [-0.4, -0.2) is 72.1 Å². The SMILES string of the molecule is Cl.NC(=O)C1(S(=O)(=O)N2CCC(c3ccc(OC(C4CC4)C(F)(F)F)cc3)CC2)CCN(O)CC1. The van der Waals surface area contributed by atoms with E-state index in [1.54, 1.807) is 12.1 Å². The largest absolute Gasteiger partial charge is 0.481 e. The second-order valence-electron chi connectivity index (χ2n) is 9.48. The first-order valence-corrected chi connectivity index (χ1v) is 12.9. The predicted molar refractivity (Wildman–Crippen MR) is 124 cm³/mol. The molecule has 1 unspecified atom stereocenters. The number of halogens is 4. The first-order chi connectivity index (χ1) is 15.9. The van der Waals surface area contributed by atoms with Gasteiger partial charge in [0.25, 0.3) is 0 Å². The molecule has 0 radical (unpaired) electrons. The summed E-state index contributed by atoms with van der Waals surface area (Å²) in [5.74, 6) is -1.19. The minimum Gasteiger partial charge on any atom is -0.481 e. The van der Waals surface area contributed by atoms with Gasteiger partial charge >= 0.3 is 6.18 Å². The van der Waals surface area contributed by atoms with Crippen LogP contribution in [0.2, 0.25) is 0 Å². The van der Waals surface area contributed by atoms with E-state index in [0.717, 1.165) is 10.6 Å². The summed E-state index contributed by atoms with van der Waals surface area (Å²) in [6.45, 7) is 0.508. The minimum atomic E-state index is -4.41. The zero-order valence-corrected chi connectivity index (χ0v) is 20.7. The maximum absolute atomic E-state index is 13.4. The van der Waals surface area contributed by atoms with Crippen molar-refractivity contribution in [1.29, 1.82) is 0 Å². The second-order valence-corrected chi connectivity index (χ2v) is 11.7. The third-order valence-corrected chi connectivity index (χ3v) is 9.91. The maximum Gasteiger partial charge on any atom is 0.425 e. The summed E-state index contributed by atoms with van der Waals surface area (Å²) in [5.41, 5.74) is 6.43. The molecule has 0 spiro atoms. The van der Waals surface area contributed by atoms with Gasteiger partial charge in [-0.05, 0) is 62.1 Å². The number of nitrogens with two attached hydrogens (primary N) is 1. The zero-order valence-electron chi connectivity index (χ0n) is 19.1. The van der Waals surface area contributed by atoms with E-state index in [2.05, 4.69) is 0 Å².